The van der Waals surface area contributed by atoms with E-state index in [1.54, 1.807) is 0 Å². The van der Waals surface area contributed by atoms with Crippen LogP contribution in [0.1, 0.15) is 30.5 Å². The van der Waals surface area contributed by atoms with Crippen molar-refractivity contribution in [3.8, 4) is 11.5 Å². The van der Waals surface area contributed by atoms with Crippen LogP contribution in [-0.4, -0.2) is 6.04 Å². The number of rotatable bonds is 5. The van der Waals surface area contributed by atoms with E-state index in [2.05, 4.69) is 67.1 Å². The van der Waals surface area contributed by atoms with E-state index in [1.165, 1.54) is 11.1 Å². The molecule has 0 unspecified atom stereocenters. The monoisotopic (exact) mass is 347 g/mol. The largest absolute Gasteiger partial charge is 0.457 e. The van der Waals surface area contributed by atoms with Gasteiger partial charge in [0.05, 0.1) is 0 Å². The molecule has 0 amide bonds. The first-order chi connectivity index (χ1) is 9.95. The van der Waals surface area contributed by atoms with Gasteiger partial charge in [0.15, 0.2) is 0 Å². The van der Waals surface area contributed by atoms with E-state index >= 15 is 0 Å². The highest BCUT2D eigenvalue weighted by Crippen LogP contribution is 2.29. The van der Waals surface area contributed by atoms with Crippen LogP contribution in [0, 0.1) is 13.8 Å². The van der Waals surface area contributed by atoms with Crippen molar-refractivity contribution in [2.75, 3.05) is 0 Å². The predicted octanol–water partition coefficient (Wildman–Crippen LogP) is 5.36. The normalized spacial score (nSPS) is 11.0. The molecule has 21 heavy (non-hydrogen) atoms. The third kappa shape index (κ3) is 4.58. The van der Waals surface area contributed by atoms with Gasteiger partial charge in [0.25, 0.3) is 0 Å². The van der Waals surface area contributed by atoms with Crippen molar-refractivity contribution in [1.29, 1.82) is 0 Å². The first-order valence-corrected chi connectivity index (χ1v) is 8.02. The van der Waals surface area contributed by atoms with Crippen LogP contribution in [0.3, 0.4) is 0 Å². The maximum absolute atomic E-state index is 6.09. The Balaban J connectivity index is 2.24. The third-order valence-corrected chi connectivity index (χ3v) is 3.93. The molecule has 0 saturated carbocycles. The molecule has 0 spiro atoms. The predicted molar refractivity (Wildman–Crippen MR) is 92.1 cm³/mol. The number of nitrogens with one attached hydrogen (secondary N) is 1. The molecule has 0 bridgehead atoms. The molecule has 112 valence electrons. The fourth-order valence-electron chi connectivity index (χ4n) is 1.99. The molecule has 1 N–H and O–H groups in total. The van der Waals surface area contributed by atoms with E-state index in [1.807, 2.05) is 18.2 Å². The minimum Gasteiger partial charge on any atom is -0.457 e. The summed E-state index contributed by atoms with van der Waals surface area (Å²) in [5.74, 6) is 1.77. The number of hydrogen-bond acceptors (Lipinski definition) is 2. The second kappa shape index (κ2) is 7.10. The van der Waals surface area contributed by atoms with Crippen molar-refractivity contribution >= 4 is 15.9 Å². The Morgan fingerprint density at radius 3 is 2.48 bits per heavy atom. The Morgan fingerprint density at radius 2 is 1.81 bits per heavy atom. The minimum absolute atomic E-state index is 0.447. The molecule has 2 aromatic rings. The second-order valence-corrected chi connectivity index (χ2v) is 6.55. The Labute approximate surface area is 135 Å². The van der Waals surface area contributed by atoms with Crippen molar-refractivity contribution < 1.29 is 4.74 Å². The molecule has 0 aromatic heterocycles. The van der Waals surface area contributed by atoms with Crippen LogP contribution in [0.15, 0.2) is 40.9 Å². The van der Waals surface area contributed by atoms with Crippen LogP contribution in [-0.2, 0) is 6.54 Å². The van der Waals surface area contributed by atoms with Crippen molar-refractivity contribution in [3.63, 3.8) is 0 Å². The summed E-state index contributed by atoms with van der Waals surface area (Å²) >= 11 is 3.52. The van der Waals surface area contributed by atoms with Gasteiger partial charge in [0.2, 0.25) is 0 Å². The highest BCUT2D eigenvalue weighted by Gasteiger charge is 2.07. The minimum atomic E-state index is 0.447. The summed E-state index contributed by atoms with van der Waals surface area (Å²) in [6.07, 6.45) is 0. The number of hydrogen-bond donors (Lipinski definition) is 1. The third-order valence-electron chi connectivity index (χ3n) is 3.44. The van der Waals surface area contributed by atoms with Gasteiger partial charge in [-0.25, -0.2) is 0 Å². The fraction of sp³-hybridized carbons (Fsp3) is 0.333. The zero-order valence-electron chi connectivity index (χ0n) is 13.0. The summed E-state index contributed by atoms with van der Waals surface area (Å²) in [6, 6.07) is 12.8. The summed E-state index contributed by atoms with van der Waals surface area (Å²) in [5, 5.41) is 3.43. The molecule has 2 aromatic carbocycles. The zero-order valence-corrected chi connectivity index (χ0v) is 14.6. The molecule has 0 aliphatic heterocycles. The lowest BCUT2D eigenvalue weighted by Gasteiger charge is -2.14. The van der Waals surface area contributed by atoms with Crippen LogP contribution >= 0.6 is 15.9 Å². The summed E-state index contributed by atoms with van der Waals surface area (Å²) in [7, 11) is 0. The first-order valence-electron chi connectivity index (χ1n) is 7.22. The average molecular weight is 348 g/mol. The summed E-state index contributed by atoms with van der Waals surface area (Å²) in [4.78, 5) is 0. The molecule has 3 heteroatoms. The van der Waals surface area contributed by atoms with Crippen molar-refractivity contribution in [3.05, 3.63) is 57.6 Å². The molecule has 0 fully saturated rings. The molecule has 0 heterocycles. The van der Waals surface area contributed by atoms with Crippen LogP contribution in [0.4, 0.5) is 0 Å². The van der Waals surface area contributed by atoms with Gasteiger partial charge < -0.3 is 10.1 Å². The second-order valence-electron chi connectivity index (χ2n) is 5.64. The van der Waals surface area contributed by atoms with Crippen molar-refractivity contribution in [2.45, 2.75) is 40.3 Å². The van der Waals surface area contributed by atoms with Crippen LogP contribution in [0.2, 0.25) is 0 Å². The molecule has 2 nitrogen and oxygen atoms in total. The number of aryl methyl sites for hydroxylation is 2. The molecule has 0 atom stereocenters. The van der Waals surface area contributed by atoms with Gasteiger partial charge in [-0.2, -0.15) is 0 Å². The maximum atomic E-state index is 6.09. The molecular weight excluding hydrogens is 326 g/mol. The molecular formula is C18H22BrNO. The van der Waals surface area contributed by atoms with E-state index < -0.39 is 0 Å². The van der Waals surface area contributed by atoms with E-state index in [4.69, 9.17) is 4.74 Å². The quantitative estimate of drug-likeness (QED) is 0.786. The summed E-state index contributed by atoms with van der Waals surface area (Å²) < 4.78 is 7.11. The fourth-order valence-corrected chi connectivity index (χ4v) is 2.33. The van der Waals surface area contributed by atoms with Gasteiger partial charge >= 0.3 is 0 Å². The van der Waals surface area contributed by atoms with Gasteiger partial charge in [-0.3, -0.25) is 0 Å². The highest BCUT2D eigenvalue weighted by atomic mass is 79.9. The van der Waals surface area contributed by atoms with E-state index in [0.717, 1.165) is 28.1 Å². The smallest absolute Gasteiger partial charge is 0.133 e. The summed E-state index contributed by atoms with van der Waals surface area (Å²) in [6.45, 7) is 9.29. The molecule has 0 aliphatic carbocycles. The number of halogens is 1. The number of ether oxygens (including phenoxy) is 1. The van der Waals surface area contributed by atoms with Crippen LogP contribution in [0.25, 0.3) is 0 Å². The van der Waals surface area contributed by atoms with Crippen molar-refractivity contribution in [2.24, 2.45) is 0 Å². The molecule has 0 saturated heterocycles. The SMILES string of the molecule is Cc1ccc(Oc2cc(Br)ccc2CNC(C)C)cc1C. The van der Waals surface area contributed by atoms with E-state index in [-0.39, 0.29) is 0 Å². The van der Waals surface area contributed by atoms with Gasteiger partial charge in [-0.15, -0.1) is 0 Å². The number of benzene rings is 2. The molecule has 0 aliphatic rings. The Kier molecular flexibility index (Phi) is 5.43. The Morgan fingerprint density at radius 1 is 1.05 bits per heavy atom. The Bertz CT molecular complexity index is 623. The maximum Gasteiger partial charge on any atom is 0.133 e. The van der Waals surface area contributed by atoms with Crippen LogP contribution in [0.5, 0.6) is 11.5 Å². The van der Waals surface area contributed by atoms with E-state index in [9.17, 15) is 0 Å². The average Bonchev–Trinajstić information content (AvgIpc) is 2.42. The van der Waals surface area contributed by atoms with Gasteiger partial charge in [-0.05, 0) is 49.2 Å². The first kappa shape index (κ1) is 16.1. The van der Waals surface area contributed by atoms with Crippen LogP contribution < -0.4 is 10.1 Å². The standard InChI is InChI=1S/C18H22BrNO/c1-12(2)20-11-15-6-7-16(19)10-18(15)21-17-8-5-13(3)14(4)9-17/h5-10,12,20H,11H2,1-4H3. The van der Waals surface area contributed by atoms with Crippen molar-refractivity contribution in [1.82, 2.24) is 5.32 Å². The van der Waals surface area contributed by atoms with E-state index in [0.29, 0.717) is 6.04 Å². The Hall–Kier alpha value is -1.32. The topological polar surface area (TPSA) is 21.3 Å². The summed E-state index contributed by atoms with van der Waals surface area (Å²) in [5.41, 5.74) is 3.67. The molecule has 0 radical (unpaired) electrons. The zero-order chi connectivity index (χ0) is 15.4. The highest BCUT2D eigenvalue weighted by molar-refractivity contribution is 9.10. The lowest BCUT2D eigenvalue weighted by Crippen LogP contribution is -2.22. The van der Waals surface area contributed by atoms with Gasteiger partial charge in [-0.1, -0.05) is 41.9 Å². The molecule has 2 rings (SSSR count). The lowest BCUT2D eigenvalue weighted by atomic mass is 10.1. The lowest BCUT2D eigenvalue weighted by molar-refractivity contribution is 0.468. The van der Waals surface area contributed by atoms with Gasteiger partial charge in [0.1, 0.15) is 11.5 Å². The van der Waals surface area contributed by atoms with Gasteiger partial charge in [0, 0.05) is 22.6 Å².